The van der Waals surface area contributed by atoms with Gasteiger partial charge in [0.2, 0.25) is 5.91 Å². The molecule has 2 aliphatic heterocycles. The van der Waals surface area contributed by atoms with Crippen LogP contribution in [0.3, 0.4) is 0 Å². The normalized spacial score (nSPS) is 28.5. The lowest BCUT2D eigenvalue weighted by Gasteiger charge is -2.20. The second-order valence-corrected chi connectivity index (χ2v) is 5.14. The monoisotopic (exact) mass is 304 g/mol. The number of hydrogen-bond donors (Lipinski definition) is 2. The van der Waals surface area contributed by atoms with Gasteiger partial charge in [-0.1, -0.05) is 18.2 Å². The quantitative estimate of drug-likeness (QED) is 0.490. The van der Waals surface area contributed by atoms with Crippen LogP contribution in [-0.4, -0.2) is 34.1 Å². The SMILES string of the molecule is O=C(Nc1cccc([N+](=O)[O-])c1)[C@@H]1[C@H](C(=O)O)[C@@H]2C=C[C@H]1O2. The minimum Gasteiger partial charge on any atom is -0.481 e. The van der Waals surface area contributed by atoms with Crippen LogP contribution in [0, 0.1) is 22.0 Å². The Hall–Kier alpha value is -2.74. The third kappa shape index (κ3) is 2.33. The molecular formula is C14H12N2O6. The van der Waals surface area contributed by atoms with Crippen LogP contribution < -0.4 is 5.32 Å². The fourth-order valence-corrected chi connectivity index (χ4v) is 2.84. The van der Waals surface area contributed by atoms with Gasteiger partial charge in [0.1, 0.15) is 5.92 Å². The number of ether oxygens (including phenoxy) is 1. The van der Waals surface area contributed by atoms with Crippen molar-refractivity contribution in [3.8, 4) is 0 Å². The first-order chi connectivity index (χ1) is 10.5. The van der Waals surface area contributed by atoms with Gasteiger partial charge in [-0.05, 0) is 6.07 Å². The van der Waals surface area contributed by atoms with Gasteiger partial charge >= 0.3 is 5.97 Å². The first kappa shape index (κ1) is 14.2. The molecule has 1 fully saturated rings. The van der Waals surface area contributed by atoms with E-state index in [2.05, 4.69) is 5.32 Å². The van der Waals surface area contributed by atoms with Crippen molar-refractivity contribution in [2.45, 2.75) is 12.2 Å². The zero-order chi connectivity index (χ0) is 15.9. The largest absolute Gasteiger partial charge is 0.481 e. The summed E-state index contributed by atoms with van der Waals surface area (Å²) in [6, 6.07) is 5.47. The molecule has 0 unspecified atom stereocenters. The molecule has 1 saturated heterocycles. The molecule has 8 heteroatoms. The fraction of sp³-hybridized carbons (Fsp3) is 0.286. The zero-order valence-corrected chi connectivity index (χ0v) is 11.2. The van der Waals surface area contributed by atoms with Gasteiger partial charge in [-0.25, -0.2) is 0 Å². The fourth-order valence-electron chi connectivity index (χ4n) is 2.84. The highest BCUT2D eigenvalue weighted by molar-refractivity contribution is 5.96. The van der Waals surface area contributed by atoms with Crippen molar-refractivity contribution < 1.29 is 24.4 Å². The Bertz CT molecular complexity index is 686. The number of nitro benzene ring substituents is 1. The number of anilines is 1. The van der Waals surface area contributed by atoms with Crippen molar-refractivity contribution in [2.75, 3.05) is 5.32 Å². The summed E-state index contributed by atoms with van der Waals surface area (Å²) < 4.78 is 5.42. The number of nitrogens with zero attached hydrogens (tertiary/aromatic N) is 1. The number of carboxylic acids is 1. The van der Waals surface area contributed by atoms with E-state index in [4.69, 9.17) is 4.74 Å². The predicted octanol–water partition coefficient (Wildman–Crippen LogP) is 1.19. The standard InChI is InChI=1S/C14H12N2O6/c17-13(15-7-2-1-3-8(6-7)16(20)21)11-9-4-5-10(22-9)12(11)14(18)19/h1-6,9-12H,(H,15,17)(H,18,19)/t9-,10+,11+,12-/m1/s1. The molecule has 0 aromatic heterocycles. The number of non-ortho nitro benzene ring substituents is 1. The molecule has 3 rings (SSSR count). The van der Waals surface area contributed by atoms with E-state index in [1.807, 2.05) is 0 Å². The summed E-state index contributed by atoms with van der Waals surface area (Å²) in [4.78, 5) is 33.8. The smallest absolute Gasteiger partial charge is 0.310 e. The van der Waals surface area contributed by atoms with E-state index in [1.54, 1.807) is 12.2 Å². The van der Waals surface area contributed by atoms with E-state index in [-0.39, 0.29) is 11.4 Å². The van der Waals surface area contributed by atoms with Crippen molar-refractivity contribution in [2.24, 2.45) is 11.8 Å². The van der Waals surface area contributed by atoms with Crippen molar-refractivity contribution in [3.63, 3.8) is 0 Å². The lowest BCUT2D eigenvalue weighted by Crippen LogP contribution is -2.39. The Morgan fingerprint density at radius 1 is 1.23 bits per heavy atom. The maximum Gasteiger partial charge on any atom is 0.310 e. The lowest BCUT2D eigenvalue weighted by atomic mass is 9.82. The first-order valence-corrected chi connectivity index (χ1v) is 6.59. The number of nitrogens with one attached hydrogen (secondary N) is 1. The lowest BCUT2D eigenvalue weighted by molar-refractivity contribution is -0.384. The highest BCUT2D eigenvalue weighted by Crippen LogP contribution is 2.39. The molecule has 0 aliphatic carbocycles. The number of carboxylic acid groups (broad SMARTS) is 1. The van der Waals surface area contributed by atoms with Crippen LogP contribution in [0.15, 0.2) is 36.4 Å². The number of nitro groups is 1. The number of carbonyl (C=O) groups is 2. The Kier molecular flexibility index (Phi) is 3.38. The zero-order valence-electron chi connectivity index (χ0n) is 11.2. The van der Waals surface area contributed by atoms with E-state index >= 15 is 0 Å². The van der Waals surface area contributed by atoms with Gasteiger partial charge in [0.15, 0.2) is 0 Å². The van der Waals surface area contributed by atoms with E-state index in [9.17, 15) is 24.8 Å². The van der Waals surface area contributed by atoms with Crippen LogP contribution in [0.4, 0.5) is 11.4 Å². The summed E-state index contributed by atoms with van der Waals surface area (Å²) in [5.74, 6) is -3.43. The Morgan fingerprint density at radius 3 is 2.55 bits per heavy atom. The molecule has 0 spiro atoms. The maximum atomic E-state index is 12.3. The average Bonchev–Trinajstić information content (AvgIpc) is 3.07. The molecule has 2 N–H and O–H groups in total. The summed E-state index contributed by atoms with van der Waals surface area (Å²) >= 11 is 0. The minimum absolute atomic E-state index is 0.156. The van der Waals surface area contributed by atoms with E-state index in [0.717, 1.165) is 0 Å². The average molecular weight is 304 g/mol. The number of rotatable bonds is 4. The van der Waals surface area contributed by atoms with Crippen LogP contribution in [-0.2, 0) is 14.3 Å². The molecule has 0 saturated carbocycles. The number of amides is 1. The second-order valence-electron chi connectivity index (χ2n) is 5.14. The van der Waals surface area contributed by atoms with Crippen molar-refractivity contribution >= 4 is 23.3 Å². The Labute approximate surface area is 124 Å². The summed E-state index contributed by atoms with van der Waals surface area (Å²) in [5.41, 5.74) is 0.0896. The maximum absolute atomic E-state index is 12.3. The molecular weight excluding hydrogens is 292 g/mol. The Balaban J connectivity index is 1.80. The molecule has 1 aromatic rings. The molecule has 1 amide bonds. The molecule has 2 heterocycles. The van der Waals surface area contributed by atoms with Gasteiger partial charge in [-0.3, -0.25) is 19.7 Å². The first-order valence-electron chi connectivity index (χ1n) is 6.59. The molecule has 8 nitrogen and oxygen atoms in total. The molecule has 0 radical (unpaired) electrons. The third-order valence-corrected chi connectivity index (χ3v) is 3.81. The van der Waals surface area contributed by atoms with Crippen molar-refractivity contribution in [3.05, 3.63) is 46.5 Å². The van der Waals surface area contributed by atoms with Gasteiger partial charge in [0, 0.05) is 17.8 Å². The number of hydrogen-bond acceptors (Lipinski definition) is 5. The van der Waals surface area contributed by atoms with Gasteiger partial charge in [0.05, 0.1) is 23.0 Å². The van der Waals surface area contributed by atoms with E-state index < -0.39 is 40.8 Å². The molecule has 1 aromatic carbocycles. The number of benzene rings is 1. The molecule has 2 aliphatic rings. The predicted molar refractivity (Wildman–Crippen MR) is 74.1 cm³/mol. The van der Waals surface area contributed by atoms with Crippen LogP contribution in [0.2, 0.25) is 0 Å². The van der Waals surface area contributed by atoms with Crippen LogP contribution in [0.25, 0.3) is 0 Å². The molecule has 4 atom stereocenters. The highest BCUT2D eigenvalue weighted by Gasteiger charge is 2.53. The summed E-state index contributed by atoms with van der Waals surface area (Å²) in [7, 11) is 0. The summed E-state index contributed by atoms with van der Waals surface area (Å²) in [6.45, 7) is 0. The van der Waals surface area contributed by atoms with Gasteiger partial charge in [-0.15, -0.1) is 0 Å². The third-order valence-electron chi connectivity index (χ3n) is 3.81. The minimum atomic E-state index is -1.10. The molecule has 22 heavy (non-hydrogen) atoms. The van der Waals surface area contributed by atoms with Crippen LogP contribution >= 0.6 is 0 Å². The topological polar surface area (TPSA) is 119 Å². The number of fused-ring (bicyclic) bond motifs is 2. The second kappa shape index (κ2) is 5.23. The summed E-state index contributed by atoms with van der Waals surface area (Å²) in [6.07, 6.45) is 2.12. The van der Waals surface area contributed by atoms with Crippen LogP contribution in [0.5, 0.6) is 0 Å². The highest BCUT2D eigenvalue weighted by atomic mass is 16.6. The summed E-state index contributed by atoms with van der Waals surface area (Å²) in [5, 5.41) is 22.5. The molecule has 2 bridgehead atoms. The van der Waals surface area contributed by atoms with Gasteiger partial charge in [0.25, 0.3) is 5.69 Å². The van der Waals surface area contributed by atoms with Gasteiger partial charge < -0.3 is 15.2 Å². The van der Waals surface area contributed by atoms with E-state index in [0.29, 0.717) is 0 Å². The molecule has 114 valence electrons. The van der Waals surface area contributed by atoms with Crippen molar-refractivity contribution in [1.82, 2.24) is 0 Å². The number of aliphatic carboxylic acids is 1. The number of carbonyl (C=O) groups excluding carboxylic acids is 1. The van der Waals surface area contributed by atoms with E-state index in [1.165, 1.54) is 24.3 Å². The Morgan fingerprint density at radius 2 is 1.91 bits per heavy atom. The van der Waals surface area contributed by atoms with Gasteiger partial charge in [-0.2, -0.15) is 0 Å². The van der Waals surface area contributed by atoms with Crippen LogP contribution in [0.1, 0.15) is 0 Å². The van der Waals surface area contributed by atoms with Crippen molar-refractivity contribution in [1.29, 1.82) is 0 Å².